The zero-order valence-electron chi connectivity index (χ0n) is 15.9. The van der Waals surface area contributed by atoms with Gasteiger partial charge in [-0.2, -0.15) is 4.52 Å². The molecule has 2 bridgehead atoms. The van der Waals surface area contributed by atoms with Gasteiger partial charge in [0.15, 0.2) is 11.5 Å². The number of fused-ring (bicyclic) bond motifs is 3. The number of rotatable bonds is 4. The van der Waals surface area contributed by atoms with Crippen molar-refractivity contribution in [1.82, 2.24) is 24.7 Å². The van der Waals surface area contributed by atoms with Gasteiger partial charge in [-0.15, -0.1) is 15.3 Å². The van der Waals surface area contributed by atoms with Crippen LogP contribution in [0.15, 0.2) is 36.4 Å². The summed E-state index contributed by atoms with van der Waals surface area (Å²) in [5, 5.41) is 12.8. The third kappa shape index (κ3) is 2.59. The molecule has 3 aromatic rings. The summed E-state index contributed by atoms with van der Waals surface area (Å²) in [5.41, 5.74) is 1.39. The Morgan fingerprint density at radius 3 is 2.71 bits per heavy atom. The lowest BCUT2D eigenvalue weighted by atomic mass is 9.86. The van der Waals surface area contributed by atoms with Crippen molar-refractivity contribution in [2.75, 3.05) is 24.6 Å². The average molecular weight is 378 g/mol. The molecule has 3 saturated heterocycles. The number of benzene rings is 1. The topological polar surface area (TPSA) is 75.9 Å². The highest BCUT2D eigenvalue weighted by Gasteiger charge is 2.48. The minimum atomic E-state index is 0.0583. The molecule has 8 nitrogen and oxygen atoms in total. The first-order valence-corrected chi connectivity index (χ1v) is 9.64. The van der Waals surface area contributed by atoms with Gasteiger partial charge in [0.25, 0.3) is 5.91 Å². The maximum atomic E-state index is 13.2. The van der Waals surface area contributed by atoms with Crippen molar-refractivity contribution < 1.29 is 9.53 Å². The zero-order chi connectivity index (χ0) is 19.3. The number of hydrogen-bond donors (Lipinski definition) is 0. The van der Waals surface area contributed by atoms with Crippen LogP contribution in [0.2, 0.25) is 0 Å². The number of piperidine rings is 1. The SMILES string of the molecule is CCOc1ccccc1C(=O)N1C2CC1CN(c1ccc3nnc(C)n3n1)C2. The first-order chi connectivity index (χ1) is 13.7. The molecular weight excluding hydrogens is 356 g/mol. The lowest BCUT2D eigenvalue weighted by Crippen LogP contribution is -2.70. The number of anilines is 1. The summed E-state index contributed by atoms with van der Waals surface area (Å²) in [4.78, 5) is 17.4. The molecule has 0 radical (unpaired) electrons. The van der Waals surface area contributed by atoms with Crippen LogP contribution in [0.25, 0.3) is 5.65 Å². The summed E-state index contributed by atoms with van der Waals surface area (Å²) in [6.07, 6.45) is 1.03. The van der Waals surface area contributed by atoms with Crippen molar-refractivity contribution in [3.05, 3.63) is 47.8 Å². The van der Waals surface area contributed by atoms with Crippen LogP contribution >= 0.6 is 0 Å². The molecule has 8 heteroatoms. The molecule has 0 spiro atoms. The first-order valence-electron chi connectivity index (χ1n) is 9.64. The van der Waals surface area contributed by atoms with Crippen LogP contribution in [0.3, 0.4) is 0 Å². The molecule has 5 heterocycles. The van der Waals surface area contributed by atoms with Gasteiger partial charge >= 0.3 is 0 Å². The molecule has 0 saturated carbocycles. The van der Waals surface area contributed by atoms with E-state index in [-0.39, 0.29) is 18.0 Å². The monoisotopic (exact) mass is 378 g/mol. The Labute approximate surface area is 162 Å². The Morgan fingerprint density at radius 2 is 1.93 bits per heavy atom. The number of aryl methyl sites for hydroxylation is 1. The summed E-state index contributed by atoms with van der Waals surface area (Å²) in [6.45, 7) is 5.92. The highest BCUT2D eigenvalue weighted by Crippen LogP contribution is 2.36. The fraction of sp³-hybridized carbons (Fsp3) is 0.400. The third-order valence-corrected chi connectivity index (χ3v) is 5.57. The highest BCUT2D eigenvalue weighted by molar-refractivity contribution is 5.98. The van der Waals surface area contributed by atoms with Gasteiger partial charge in [0, 0.05) is 13.1 Å². The van der Waals surface area contributed by atoms with E-state index in [9.17, 15) is 4.79 Å². The van der Waals surface area contributed by atoms with E-state index < -0.39 is 0 Å². The molecule has 3 aliphatic rings. The number of aromatic nitrogens is 4. The van der Waals surface area contributed by atoms with Crippen molar-refractivity contribution in [2.45, 2.75) is 32.4 Å². The number of hydrogen-bond acceptors (Lipinski definition) is 6. The number of carbonyl (C=O) groups is 1. The lowest BCUT2D eigenvalue weighted by molar-refractivity contribution is 0.00544. The van der Waals surface area contributed by atoms with Crippen molar-refractivity contribution >= 4 is 17.4 Å². The number of amides is 1. The van der Waals surface area contributed by atoms with E-state index >= 15 is 0 Å². The van der Waals surface area contributed by atoms with Crippen molar-refractivity contribution in [2.24, 2.45) is 0 Å². The van der Waals surface area contributed by atoms with Crippen LogP contribution in [0.4, 0.5) is 5.82 Å². The second-order valence-corrected chi connectivity index (χ2v) is 7.30. The normalized spacial score (nSPS) is 20.9. The number of ether oxygens (including phenoxy) is 1. The molecule has 3 fully saturated rings. The van der Waals surface area contributed by atoms with Crippen molar-refractivity contribution in [3.63, 3.8) is 0 Å². The van der Waals surface area contributed by atoms with Crippen LogP contribution < -0.4 is 9.64 Å². The van der Waals surface area contributed by atoms with Crippen molar-refractivity contribution in [3.8, 4) is 5.75 Å². The largest absolute Gasteiger partial charge is 0.493 e. The number of nitrogens with zero attached hydrogens (tertiary/aromatic N) is 6. The molecule has 2 atom stereocenters. The molecule has 0 N–H and O–H groups in total. The van der Waals surface area contributed by atoms with Gasteiger partial charge < -0.3 is 14.5 Å². The van der Waals surface area contributed by atoms with Crippen LogP contribution in [-0.4, -0.2) is 62.4 Å². The fourth-order valence-corrected chi connectivity index (χ4v) is 4.25. The molecule has 2 aromatic heterocycles. The Hall–Kier alpha value is -3.16. The molecule has 1 amide bonds. The summed E-state index contributed by atoms with van der Waals surface area (Å²) in [6, 6.07) is 11.8. The molecule has 28 heavy (non-hydrogen) atoms. The fourth-order valence-electron chi connectivity index (χ4n) is 4.25. The van der Waals surface area contributed by atoms with Gasteiger partial charge in [-0.1, -0.05) is 12.1 Å². The maximum absolute atomic E-state index is 13.2. The standard InChI is InChI=1S/C20H22N6O2/c1-3-28-17-7-5-4-6-16(17)20(27)25-14-10-15(25)12-24(11-14)19-9-8-18-22-21-13(2)26(18)23-19/h4-9,14-15H,3,10-12H2,1-2H3. The molecule has 2 unspecified atom stereocenters. The Kier molecular flexibility index (Phi) is 3.92. The Bertz CT molecular complexity index is 1040. The molecule has 144 valence electrons. The van der Waals surface area contributed by atoms with Crippen LogP contribution in [-0.2, 0) is 0 Å². The van der Waals surface area contributed by atoms with E-state index in [0.29, 0.717) is 17.9 Å². The Morgan fingerprint density at radius 1 is 1.14 bits per heavy atom. The number of para-hydroxylation sites is 1. The minimum absolute atomic E-state index is 0.0583. The quantitative estimate of drug-likeness (QED) is 0.691. The van der Waals surface area contributed by atoms with E-state index in [1.165, 1.54) is 0 Å². The van der Waals surface area contributed by atoms with E-state index in [4.69, 9.17) is 4.74 Å². The molecular formula is C20H22N6O2. The van der Waals surface area contributed by atoms with E-state index in [1.807, 2.05) is 55.1 Å². The van der Waals surface area contributed by atoms with Gasteiger partial charge in [-0.3, -0.25) is 4.79 Å². The van der Waals surface area contributed by atoms with Gasteiger partial charge in [0.2, 0.25) is 0 Å². The van der Waals surface area contributed by atoms with Crippen LogP contribution in [0.1, 0.15) is 29.5 Å². The third-order valence-electron chi connectivity index (χ3n) is 5.57. The van der Waals surface area contributed by atoms with Gasteiger partial charge in [-0.25, -0.2) is 0 Å². The summed E-state index contributed by atoms with van der Waals surface area (Å²) < 4.78 is 7.41. The summed E-state index contributed by atoms with van der Waals surface area (Å²) >= 11 is 0. The molecule has 0 aliphatic carbocycles. The average Bonchev–Trinajstić information content (AvgIpc) is 3.09. The molecule has 6 rings (SSSR count). The Balaban J connectivity index is 1.36. The number of piperazine rings is 1. The van der Waals surface area contributed by atoms with Crippen LogP contribution in [0.5, 0.6) is 5.75 Å². The summed E-state index contributed by atoms with van der Waals surface area (Å²) in [5.74, 6) is 2.38. The maximum Gasteiger partial charge on any atom is 0.258 e. The first kappa shape index (κ1) is 17.0. The van der Waals surface area contributed by atoms with Gasteiger partial charge in [0.05, 0.1) is 24.3 Å². The highest BCUT2D eigenvalue weighted by atomic mass is 16.5. The van der Waals surface area contributed by atoms with E-state index in [1.54, 1.807) is 4.52 Å². The zero-order valence-corrected chi connectivity index (χ0v) is 15.9. The lowest BCUT2D eigenvalue weighted by Gasteiger charge is -2.56. The summed E-state index contributed by atoms with van der Waals surface area (Å²) in [7, 11) is 0. The molecule has 1 aromatic carbocycles. The predicted octanol–water partition coefficient (Wildman–Crippen LogP) is 1.93. The second kappa shape index (κ2) is 6.47. The molecule has 3 aliphatic heterocycles. The smallest absolute Gasteiger partial charge is 0.258 e. The minimum Gasteiger partial charge on any atom is -0.493 e. The van der Waals surface area contributed by atoms with Gasteiger partial charge in [0.1, 0.15) is 11.6 Å². The number of carbonyl (C=O) groups excluding carboxylic acids is 1. The predicted molar refractivity (Wildman–Crippen MR) is 104 cm³/mol. The van der Waals surface area contributed by atoms with E-state index in [2.05, 4.69) is 20.2 Å². The van der Waals surface area contributed by atoms with Crippen molar-refractivity contribution in [1.29, 1.82) is 0 Å². The second-order valence-electron chi connectivity index (χ2n) is 7.30. The van der Waals surface area contributed by atoms with Crippen LogP contribution in [0, 0.1) is 6.92 Å². The van der Waals surface area contributed by atoms with E-state index in [0.717, 1.165) is 36.8 Å². The van der Waals surface area contributed by atoms with Gasteiger partial charge in [-0.05, 0) is 44.5 Å².